The molecule has 0 rings (SSSR count). The molecule has 0 heterocycles. The number of esters is 2. The van der Waals surface area contributed by atoms with Crippen LogP contribution in [0.2, 0.25) is 0 Å². The van der Waals surface area contributed by atoms with Gasteiger partial charge in [-0.3, -0.25) is 0 Å². The van der Waals surface area contributed by atoms with Crippen molar-refractivity contribution in [3.05, 3.63) is 12.7 Å². The maximum absolute atomic E-state index is 11.2. The van der Waals surface area contributed by atoms with Crippen molar-refractivity contribution in [1.82, 2.24) is 0 Å². The van der Waals surface area contributed by atoms with E-state index < -0.39 is 11.9 Å². The second-order valence-corrected chi connectivity index (χ2v) is 5.21. The fourth-order valence-electron chi connectivity index (χ4n) is 2.01. The van der Waals surface area contributed by atoms with Crippen LogP contribution in [0.3, 0.4) is 0 Å². The van der Waals surface area contributed by atoms with Crippen molar-refractivity contribution in [1.29, 1.82) is 0 Å². The largest absolute Gasteiger partial charge is 0.457 e. The maximum Gasteiger partial charge on any atom is 0.417 e. The molecule has 0 fully saturated rings. The lowest BCUT2D eigenvalue weighted by molar-refractivity contribution is -0.167. The predicted molar refractivity (Wildman–Crippen MR) is 84.0 cm³/mol. The second kappa shape index (κ2) is 15.1. The van der Waals surface area contributed by atoms with Gasteiger partial charge in [0.2, 0.25) is 0 Å². The number of unbranched alkanes of at least 4 members (excludes halogenated alkanes) is 9. The predicted octanol–water partition coefficient (Wildman–Crippen LogP) is 4.18. The van der Waals surface area contributed by atoms with Gasteiger partial charge in [-0.2, -0.15) is 0 Å². The molecule has 21 heavy (non-hydrogen) atoms. The minimum atomic E-state index is -0.943. The van der Waals surface area contributed by atoms with E-state index in [0.29, 0.717) is 6.61 Å². The van der Waals surface area contributed by atoms with E-state index in [1.165, 1.54) is 51.0 Å². The molecular weight excluding hydrogens is 268 g/mol. The molecule has 0 radical (unpaired) electrons. The van der Waals surface area contributed by atoms with Crippen molar-refractivity contribution in [2.45, 2.75) is 71.1 Å². The van der Waals surface area contributed by atoms with Crippen LogP contribution >= 0.6 is 0 Å². The molecule has 4 nitrogen and oxygen atoms in total. The zero-order valence-electron chi connectivity index (χ0n) is 13.4. The summed E-state index contributed by atoms with van der Waals surface area (Å²) in [6, 6.07) is 0. The Bertz CT molecular complexity index is 287. The highest BCUT2D eigenvalue weighted by Gasteiger charge is 2.15. The van der Waals surface area contributed by atoms with Crippen LogP contribution in [0.5, 0.6) is 0 Å². The third-order valence-electron chi connectivity index (χ3n) is 3.23. The van der Waals surface area contributed by atoms with E-state index in [0.717, 1.165) is 19.3 Å². The van der Waals surface area contributed by atoms with Gasteiger partial charge < -0.3 is 9.47 Å². The zero-order chi connectivity index (χ0) is 15.8. The molecule has 4 heteroatoms. The van der Waals surface area contributed by atoms with Gasteiger partial charge >= 0.3 is 11.9 Å². The third kappa shape index (κ3) is 13.4. The van der Waals surface area contributed by atoms with Gasteiger partial charge in [0.25, 0.3) is 0 Å². The van der Waals surface area contributed by atoms with Gasteiger partial charge in [0.05, 0.1) is 6.61 Å². The van der Waals surface area contributed by atoms with Crippen molar-refractivity contribution in [2.75, 3.05) is 13.2 Å². The number of hydrogen-bond donors (Lipinski definition) is 0. The Hall–Kier alpha value is -1.32. The summed E-state index contributed by atoms with van der Waals surface area (Å²) in [6.45, 7) is 5.95. The van der Waals surface area contributed by atoms with Crippen LogP contribution in [0.4, 0.5) is 0 Å². The van der Waals surface area contributed by atoms with E-state index in [1.807, 2.05) is 0 Å². The molecule has 0 aliphatic heterocycles. The summed E-state index contributed by atoms with van der Waals surface area (Å²) >= 11 is 0. The Morgan fingerprint density at radius 1 is 0.810 bits per heavy atom. The first-order valence-corrected chi connectivity index (χ1v) is 8.17. The summed E-state index contributed by atoms with van der Waals surface area (Å²) in [6.07, 6.45) is 13.6. The molecule has 0 aliphatic rings. The van der Waals surface area contributed by atoms with Crippen molar-refractivity contribution < 1.29 is 19.1 Å². The Balaban J connectivity index is 3.26. The molecule has 122 valence electrons. The lowest BCUT2D eigenvalue weighted by Gasteiger charge is -2.04. The van der Waals surface area contributed by atoms with Gasteiger partial charge in [-0.15, -0.1) is 0 Å². The van der Waals surface area contributed by atoms with Gasteiger partial charge in [0, 0.05) is 0 Å². The van der Waals surface area contributed by atoms with Crippen LogP contribution in [0.1, 0.15) is 71.1 Å². The van der Waals surface area contributed by atoms with Gasteiger partial charge in [0.15, 0.2) is 0 Å². The molecule has 0 amide bonds. The first-order valence-electron chi connectivity index (χ1n) is 8.17. The first kappa shape index (κ1) is 19.7. The van der Waals surface area contributed by atoms with Crippen molar-refractivity contribution in [2.24, 2.45) is 0 Å². The third-order valence-corrected chi connectivity index (χ3v) is 3.23. The highest BCUT2D eigenvalue weighted by Crippen LogP contribution is 2.10. The van der Waals surface area contributed by atoms with E-state index in [1.54, 1.807) is 0 Å². The number of carbonyl (C=O) groups is 2. The summed E-state index contributed by atoms with van der Waals surface area (Å²) in [5, 5.41) is 0. The summed E-state index contributed by atoms with van der Waals surface area (Å²) in [5.41, 5.74) is 0. The van der Waals surface area contributed by atoms with Crippen LogP contribution < -0.4 is 0 Å². The van der Waals surface area contributed by atoms with Crippen LogP contribution in [0, 0.1) is 0 Å². The SMILES string of the molecule is C=CCOC(=O)C(=O)OCCCCCCCCCCCC. The molecule has 0 saturated carbocycles. The highest BCUT2D eigenvalue weighted by atomic mass is 16.6. The summed E-state index contributed by atoms with van der Waals surface area (Å²) < 4.78 is 9.40. The minimum Gasteiger partial charge on any atom is -0.457 e. The van der Waals surface area contributed by atoms with Crippen molar-refractivity contribution in [3.8, 4) is 0 Å². The standard InChI is InChI=1S/C17H30O4/c1-3-5-6-7-8-9-10-11-12-13-15-21-17(19)16(18)20-14-4-2/h4H,2-3,5-15H2,1H3. The number of ether oxygens (including phenoxy) is 2. The lowest BCUT2D eigenvalue weighted by atomic mass is 10.1. The van der Waals surface area contributed by atoms with Crippen molar-refractivity contribution in [3.63, 3.8) is 0 Å². The Kier molecular flexibility index (Phi) is 14.1. The molecular formula is C17H30O4. The van der Waals surface area contributed by atoms with Crippen LogP contribution in [0.15, 0.2) is 12.7 Å². The molecule has 0 saturated heterocycles. The number of carbonyl (C=O) groups excluding carboxylic acids is 2. The van der Waals surface area contributed by atoms with Gasteiger partial charge in [-0.1, -0.05) is 77.4 Å². The zero-order valence-corrected chi connectivity index (χ0v) is 13.4. The smallest absolute Gasteiger partial charge is 0.417 e. The maximum atomic E-state index is 11.2. The summed E-state index contributed by atoms with van der Waals surface area (Å²) in [4.78, 5) is 22.2. The normalized spacial score (nSPS) is 10.1. The van der Waals surface area contributed by atoms with Crippen LogP contribution in [0.25, 0.3) is 0 Å². The van der Waals surface area contributed by atoms with Gasteiger partial charge in [0.1, 0.15) is 6.61 Å². The van der Waals surface area contributed by atoms with E-state index in [4.69, 9.17) is 4.74 Å². The quantitative estimate of drug-likeness (QED) is 0.221. The molecule has 0 aromatic carbocycles. The van der Waals surface area contributed by atoms with Crippen LogP contribution in [-0.2, 0) is 19.1 Å². The molecule has 0 unspecified atom stereocenters. The summed E-state index contributed by atoms with van der Waals surface area (Å²) in [7, 11) is 0. The van der Waals surface area contributed by atoms with Crippen LogP contribution in [-0.4, -0.2) is 25.2 Å². The fourth-order valence-corrected chi connectivity index (χ4v) is 2.01. The fraction of sp³-hybridized carbons (Fsp3) is 0.765. The first-order chi connectivity index (χ1) is 10.2. The molecule has 0 atom stereocenters. The molecule has 0 aromatic rings. The Morgan fingerprint density at radius 3 is 1.81 bits per heavy atom. The molecule has 0 aromatic heterocycles. The van der Waals surface area contributed by atoms with E-state index >= 15 is 0 Å². The molecule has 0 bridgehead atoms. The Labute approximate surface area is 128 Å². The monoisotopic (exact) mass is 298 g/mol. The molecule has 0 aliphatic carbocycles. The minimum absolute atomic E-state index is 0.0339. The topological polar surface area (TPSA) is 52.6 Å². The van der Waals surface area contributed by atoms with Gasteiger partial charge in [-0.05, 0) is 6.42 Å². The molecule has 0 N–H and O–H groups in total. The average Bonchev–Trinajstić information content (AvgIpc) is 2.49. The summed E-state index contributed by atoms with van der Waals surface area (Å²) in [5.74, 6) is -1.85. The van der Waals surface area contributed by atoms with Gasteiger partial charge in [-0.25, -0.2) is 9.59 Å². The Morgan fingerprint density at radius 2 is 1.29 bits per heavy atom. The number of hydrogen-bond acceptors (Lipinski definition) is 4. The lowest BCUT2D eigenvalue weighted by Crippen LogP contribution is -2.20. The number of rotatable bonds is 13. The highest BCUT2D eigenvalue weighted by molar-refractivity contribution is 6.29. The van der Waals surface area contributed by atoms with E-state index in [2.05, 4.69) is 18.2 Å². The van der Waals surface area contributed by atoms with Crippen molar-refractivity contribution >= 4 is 11.9 Å². The average molecular weight is 298 g/mol. The molecule has 0 spiro atoms. The van der Waals surface area contributed by atoms with E-state index in [-0.39, 0.29) is 6.61 Å². The van der Waals surface area contributed by atoms with E-state index in [9.17, 15) is 9.59 Å². The second-order valence-electron chi connectivity index (χ2n) is 5.21.